The average Bonchev–Trinajstić information content (AvgIpc) is 3.04. The van der Waals surface area contributed by atoms with Gasteiger partial charge >= 0.3 is 11.8 Å². The Hall–Kier alpha value is -4.25. The molecule has 46 heavy (non-hydrogen) atoms. The van der Waals surface area contributed by atoms with Crippen LogP contribution in [0.5, 0.6) is 0 Å². The quantitative estimate of drug-likeness (QED) is 0.204. The molecular weight excluding hydrogens is 608 g/mol. The number of aromatic nitrogens is 2. The lowest BCUT2D eigenvalue weighted by atomic mass is 10.00. The highest BCUT2D eigenvalue weighted by Crippen LogP contribution is 2.30. The number of unbranched alkanes of at least 4 members (excludes halogenated alkanes) is 1. The summed E-state index contributed by atoms with van der Waals surface area (Å²) in [4.78, 5) is 51.8. The molecular formula is C35H41ClN4O6. The minimum absolute atomic E-state index is 0. The monoisotopic (exact) mass is 648 g/mol. The maximum Gasteiger partial charge on any atom is 0.411 e. The molecule has 2 amide bonds. The van der Waals surface area contributed by atoms with Gasteiger partial charge in [0.25, 0.3) is 5.56 Å². The number of ether oxygens (including phenoxy) is 1. The molecule has 0 spiro atoms. The summed E-state index contributed by atoms with van der Waals surface area (Å²) < 4.78 is 9.33. The van der Waals surface area contributed by atoms with Gasteiger partial charge in [-0.05, 0) is 61.9 Å². The number of piperidine rings is 1. The van der Waals surface area contributed by atoms with Crippen molar-refractivity contribution in [2.45, 2.75) is 64.3 Å². The highest BCUT2D eigenvalue weighted by molar-refractivity contribution is 5.90. The summed E-state index contributed by atoms with van der Waals surface area (Å²) in [6.45, 7) is 4.81. The molecule has 1 saturated heterocycles. The summed E-state index contributed by atoms with van der Waals surface area (Å²) >= 11 is 0. The number of likely N-dealkylation sites (tertiary alicyclic amines) is 1. The molecule has 11 heteroatoms. The van der Waals surface area contributed by atoms with Crippen molar-refractivity contribution in [2.24, 2.45) is 0 Å². The Kier molecular flexibility index (Phi) is 12.3. The number of rotatable bonds is 12. The number of nitrogens with one attached hydrogen (secondary N) is 1. The number of carboxylic acid groups (broad SMARTS) is 1. The van der Waals surface area contributed by atoms with Gasteiger partial charge in [0, 0.05) is 32.6 Å². The zero-order chi connectivity index (χ0) is 31.8. The fourth-order valence-corrected chi connectivity index (χ4v) is 6.11. The molecule has 0 aliphatic carbocycles. The van der Waals surface area contributed by atoms with Gasteiger partial charge in [-0.2, -0.15) is 0 Å². The molecule has 1 aliphatic rings. The highest BCUT2D eigenvalue weighted by atomic mass is 35.5. The first kappa shape index (κ1) is 34.6. The SMILES string of the molecule is Cc1cccc2c1c(=O)n(CCC(=O)NC(=O)O)c(=O)n2CCCCN1CCC(OC(c2ccccc2)c2ccccc2)CC1.Cl. The molecule has 4 aromatic rings. The standard InChI is InChI=1S/C35H40N4O6.ClH/c1-25-11-10-16-29-31(25)33(41)39(24-19-30(40)36-34(42)43)35(44)38(29)21-9-8-20-37-22-17-28(18-23-37)45-32(26-12-4-2-5-13-26)27-14-6-3-7-15-27;/h2-7,10-16,28,32H,8-9,17-24H2,1H3,(H,36,40)(H,42,43);1H. The van der Waals surface area contributed by atoms with Gasteiger partial charge in [0.2, 0.25) is 5.91 Å². The smallest absolute Gasteiger partial charge is 0.411 e. The van der Waals surface area contributed by atoms with E-state index in [2.05, 4.69) is 29.2 Å². The Balaban J connectivity index is 0.00000480. The van der Waals surface area contributed by atoms with Crippen molar-refractivity contribution in [1.82, 2.24) is 19.4 Å². The largest absolute Gasteiger partial charge is 0.465 e. The van der Waals surface area contributed by atoms with Crippen molar-refractivity contribution in [3.8, 4) is 0 Å². The Morgan fingerprint density at radius 3 is 2.07 bits per heavy atom. The number of hydrogen-bond donors (Lipinski definition) is 2. The Morgan fingerprint density at radius 2 is 1.46 bits per heavy atom. The van der Waals surface area contributed by atoms with Gasteiger partial charge in [0.1, 0.15) is 6.10 Å². The second kappa shape index (κ2) is 16.4. The summed E-state index contributed by atoms with van der Waals surface area (Å²) in [6, 6.07) is 26.1. The van der Waals surface area contributed by atoms with Gasteiger partial charge in [-0.1, -0.05) is 72.8 Å². The number of carbonyl (C=O) groups excluding carboxylic acids is 1. The third-order valence-corrected chi connectivity index (χ3v) is 8.45. The first-order valence-corrected chi connectivity index (χ1v) is 15.5. The fourth-order valence-electron chi connectivity index (χ4n) is 6.11. The van der Waals surface area contributed by atoms with Crippen LogP contribution >= 0.6 is 12.4 Å². The Labute approximate surface area is 274 Å². The number of halogens is 1. The van der Waals surface area contributed by atoms with Crippen LogP contribution in [0.4, 0.5) is 4.79 Å². The normalized spacial score (nSPS) is 13.9. The zero-order valence-electron chi connectivity index (χ0n) is 26.0. The molecule has 0 atom stereocenters. The van der Waals surface area contributed by atoms with Crippen LogP contribution in [-0.2, 0) is 22.6 Å². The molecule has 2 heterocycles. The van der Waals surface area contributed by atoms with Crippen molar-refractivity contribution in [3.63, 3.8) is 0 Å². The van der Waals surface area contributed by atoms with Crippen LogP contribution in [0, 0.1) is 6.92 Å². The molecule has 0 unspecified atom stereocenters. The van der Waals surface area contributed by atoms with Gasteiger partial charge in [-0.15, -0.1) is 12.4 Å². The lowest BCUT2D eigenvalue weighted by Gasteiger charge is -2.34. The number of hydrogen-bond acceptors (Lipinski definition) is 6. The van der Waals surface area contributed by atoms with E-state index in [1.54, 1.807) is 16.0 Å². The maximum atomic E-state index is 13.4. The van der Waals surface area contributed by atoms with Gasteiger partial charge in [0.05, 0.1) is 17.0 Å². The molecule has 2 N–H and O–H groups in total. The number of imide groups is 1. The van der Waals surface area contributed by atoms with Crippen molar-refractivity contribution >= 4 is 35.3 Å². The van der Waals surface area contributed by atoms with E-state index in [1.807, 2.05) is 55.5 Å². The molecule has 0 bridgehead atoms. The van der Waals surface area contributed by atoms with Gasteiger partial charge in [0.15, 0.2) is 0 Å². The summed E-state index contributed by atoms with van der Waals surface area (Å²) in [6.07, 6.45) is 1.80. The first-order chi connectivity index (χ1) is 21.8. The Morgan fingerprint density at radius 1 is 0.848 bits per heavy atom. The van der Waals surface area contributed by atoms with E-state index < -0.39 is 23.2 Å². The number of fused-ring (bicyclic) bond motifs is 1. The third-order valence-electron chi connectivity index (χ3n) is 8.45. The van der Waals surface area contributed by atoms with Crippen molar-refractivity contribution in [3.05, 3.63) is 116 Å². The molecule has 244 valence electrons. The molecule has 0 saturated carbocycles. The fraction of sp³-hybridized carbons (Fsp3) is 0.371. The van der Waals surface area contributed by atoms with E-state index in [0.29, 0.717) is 17.4 Å². The van der Waals surface area contributed by atoms with Crippen LogP contribution in [0.15, 0.2) is 88.5 Å². The van der Waals surface area contributed by atoms with Crippen LogP contribution < -0.4 is 16.6 Å². The molecule has 10 nitrogen and oxygen atoms in total. The second-order valence-electron chi connectivity index (χ2n) is 11.5. The third kappa shape index (κ3) is 8.51. The van der Waals surface area contributed by atoms with Crippen LogP contribution in [0.3, 0.4) is 0 Å². The lowest BCUT2D eigenvalue weighted by Crippen LogP contribution is -2.42. The molecule has 1 aliphatic heterocycles. The summed E-state index contributed by atoms with van der Waals surface area (Å²) in [5, 5.41) is 11.0. The van der Waals surface area contributed by atoms with Gasteiger partial charge < -0.3 is 14.7 Å². The Bertz CT molecular complexity index is 1690. The van der Waals surface area contributed by atoms with Crippen molar-refractivity contribution < 1.29 is 19.4 Å². The van der Waals surface area contributed by atoms with Crippen molar-refractivity contribution in [2.75, 3.05) is 19.6 Å². The summed E-state index contributed by atoms with van der Waals surface area (Å²) in [5.41, 5.74) is 2.64. The van der Waals surface area contributed by atoms with E-state index in [0.717, 1.165) is 66.6 Å². The van der Waals surface area contributed by atoms with E-state index in [1.165, 1.54) is 0 Å². The van der Waals surface area contributed by atoms with Crippen LogP contribution in [-0.4, -0.2) is 56.9 Å². The number of amides is 2. The zero-order valence-corrected chi connectivity index (χ0v) is 26.8. The predicted molar refractivity (Wildman–Crippen MR) is 180 cm³/mol. The van der Waals surface area contributed by atoms with E-state index in [9.17, 15) is 19.2 Å². The molecule has 0 radical (unpaired) electrons. The number of benzene rings is 3. The van der Waals surface area contributed by atoms with Crippen LogP contribution in [0.2, 0.25) is 0 Å². The lowest BCUT2D eigenvalue weighted by molar-refractivity contribution is -0.120. The highest BCUT2D eigenvalue weighted by Gasteiger charge is 2.25. The van der Waals surface area contributed by atoms with E-state index in [-0.39, 0.29) is 37.6 Å². The number of nitrogens with zero attached hydrogens (tertiary/aromatic N) is 3. The minimum atomic E-state index is -1.47. The second-order valence-corrected chi connectivity index (χ2v) is 11.5. The van der Waals surface area contributed by atoms with Crippen LogP contribution in [0.1, 0.15) is 54.9 Å². The topological polar surface area (TPSA) is 123 Å². The first-order valence-electron chi connectivity index (χ1n) is 15.5. The summed E-state index contributed by atoms with van der Waals surface area (Å²) in [7, 11) is 0. The predicted octanol–water partition coefficient (Wildman–Crippen LogP) is 5.13. The molecule has 3 aromatic carbocycles. The molecule has 1 aromatic heterocycles. The van der Waals surface area contributed by atoms with Gasteiger partial charge in [-0.25, -0.2) is 9.59 Å². The number of carbonyl (C=O) groups is 2. The van der Waals surface area contributed by atoms with Crippen LogP contribution in [0.25, 0.3) is 10.9 Å². The average molecular weight is 649 g/mol. The molecule has 1 fully saturated rings. The molecule has 5 rings (SSSR count). The van der Waals surface area contributed by atoms with E-state index in [4.69, 9.17) is 9.84 Å². The van der Waals surface area contributed by atoms with E-state index >= 15 is 0 Å². The number of aryl methyl sites for hydroxylation is 2. The van der Waals surface area contributed by atoms with Crippen molar-refractivity contribution in [1.29, 1.82) is 0 Å². The maximum absolute atomic E-state index is 13.4. The minimum Gasteiger partial charge on any atom is -0.465 e. The van der Waals surface area contributed by atoms with Gasteiger partial charge in [-0.3, -0.25) is 24.0 Å². The summed E-state index contributed by atoms with van der Waals surface area (Å²) in [5.74, 6) is -0.768.